The maximum absolute atomic E-state index is 13.0. The van der Waals surface area contributed by atoms with Crippen molar-refractivity contribution in [3.63, 3.8) is 0 Å². The molecule has 2 aliphatic heterocycles. The SMILES string of the molecule is N=C(N)N1CCc2ccc(NS(=O)(=O)c3ccc(OC4CCN(C(=N)c5cccs5)CC4)cc3)cc2C1. The fourth-order valence-corrected chi connectivity index (χ4v) is 6.45. The summed E-state index contributed by atoms with van der Waals surface area (Å²) in [7, 11) is -3.77. The van der Waals surface area contributed by atoms with E-state index in [2.05, 4.69) is 9.62 Å². The van der Waals surface area contributed by atoms with Gasteiger partial charge < -0.3 is 20.3 Å². The van der Waals surface area contributed by atoms with E-state index in [1.54, 1.807) is 46.6 Å². The molecular formula is C26H30N6O3S2. The summed E-state index contributed by atoms with van der Waals surface area (Å²) in [5.74, 6) is 1.21. The van der Waals surface area contributed by atoms with Crippen LogP contribution in [0.5, 0.6) is 5.75 Å². The number of benzene rings is 2. The molecule has 1 fully saturated rings. The number of thiophene rings is 1. The molecular weight excluding hydrogens is 508 g/mol. The summed E-state index contributed by atoms with van der Waals surface area (Å²) in [5, 5.41) is 18.0. The second-order valence-electron chi connectivity index (χ2n) is 9.25. The van der Waals surface area contributed by atoms with Crippen molar-refractivity contribution in [2.75, 3.05) is 24.4 Å². The topological polar surface area (TPSA) is 136 Å². The number of anilines is 1. The fraction of sp³-hybridized carbons (Fsp3) is 0.308. The average Bonchev–Trinajstić information content (AvgIpc) is 3.43. The smallest absolute Gasteiger partial charge is 0.261 e. The summed E-state index contributed by atoms with van der Waals surface area (Å²) in [5.41, 5.74) is 8.20. The molecule has 5 rings (SSSR count). The molecule has 9 nitrogen and oxygen atoms in total. The van der Waals surface area contributed by atoms with E-state index in [-0.39, 0.29) is 17.0 Å². The Balaban J connectivity index is 1.18. The standard InChI is InChI=1S/C26H30N6O3S2/c27-25(24-2-1-15-36-24)31-13-10-22(11-14-31)35-21-5-7-23(8-6-21)37(33,34)30-20-4-3-18-9-12-32(26(28)29)17-19(18)16-20/h1-8,15-16,22,27,30H,9-14,17H2,(H3,28,29). The van der Waals surface area contributed by atoms with Crippen molar-refractivity contribution in [1.82, 2.24) is 9.80 Å². The Labute approximate surface area is 220 Å². The number of likely N-dealkylation sites (tertiary alicyclic amines) is 1. The third kappa shape index (κ3) is 5.72. The summed E-state index contributed by atoms with van der Waals surface area (Å²) < 4.78 is 34.8. The van der Waals surface area contributed by atoms with Gasteiger partial charge in [-0.3, -0.25) is 15.5 Å². The molecule has 0 aliphatic carbocycles. The number of amidine groups is 1. The molecule has 1 saturated heterocycles. The van der Waals surface area contributed by atoms with Crippen LogP contribution in [-0.4, -0.2) is 55.8 Å². The quantitative estimate of drug-likeness (QED) is 0.279. The monoisotopic (exact) mass is 538 g/mol. The van der Waals surface area contributed by atoms with E-state index < -0.39 is 10.0 Å². The molecule has 2 aliphatic rings. The molecule has 0 spiro atoms. The highest BCUT2D eigenvalue weighted by atomic mass is 32.2. The molecule has 0 atom stereocenters. The molecule has 0 unspecified atom stereocenters. The highest BCUT2D eigenvalue weighted by molar-refractivity contribution is 7.92. The van der Waals surface area contributed by atoms with E-state index in [0.717, 1.165) is 48.4 Å². The van der Waals surface area contributed by atoms with Gasteiger partial charge in [-0.25, -0.2) is 8.42 Å². The number of ether oxygens (including phenoxy) is 1. The number of nitrogens with two attached hydrogens (primary N) is 1. The Morgan fingerprint density at radius 3 is 2.43 bits per heavy atom. The minimum atomic E-state index is -3.77. The number of sulfonamides is 1. The van der Waals surface area contributed by atoms with Crippen LogP contribution in [0, 0.1) is 10.8 Å². The van der Waals surface area contributed by atoms with Crippen LogP contribution in [-0.2, 0) is 23.0 Å². The van der Waals surface area contributed by atoms with Crippen molar-refractivity contribution in [3.8, 4) is 5.75 Å². The number of fused-ring (bicyclic) bond motifs is 1. The van der Waals surface area contributed by atoms with Gasteiger partial charge in [0.15, 0.2) is 5.96 Å². The molecule has 0 bridgehead atoms. The molecule has 5 N–H and O–H groups in total. The van der Waals surface area contributed by atoms with Crippen LogP contribution in [0.2, 0.25) is 0 Å². The molecule has 0 saturated carbocycles. The van der Waals surface area contributed by atoms with Crippen molar-refractivity contribution >= 4 is 38.8 Å². The van der Waals surface area contributed by atoms with Gasteiger partial charge in [0.2, 0.25) is 0 Å². The number of hydrogen-bond donors (Lipinski definition) is 4. The first-order chi connectivity index (χ1) is 17.8. The van der Waals surface area contributed by atoms with Crippen molar-refractivity contribution in [2.24, 2.45) is 5.73 Å². The summed E-state index contributed by atoms with van der Waals surface area (Å²) in [6.45, 7) is 2.67. The number of guanidine groups is 1. The zero-order valence-corrected chi connectivity index (χ0v) is 21.9. The lowest BCUT2D eigenvalue weighted by Gasteiger charge is -2.33. The van der Waals surface area contributed by atoms with E-state index >= 15 is 0 Å². The lowest BCUT2D eigenvalue weighted by molar-refractivity contribution is 0.131. The first kappa shape index (κ1) is 25.1. The zero-order valence-electron chi connectivity index (χ0n) is 20.3. The van der Waals surface area contributed by atoms with Crippen LogP contribution in [0.15, 0.2) is 64.9 Å². The molecule has 194 valence electrons. The first-order valence-electron chi connectivity index (χ1n) is 12.2. The summed E-state index contributed by atoms with van der Waals surface area (Å²) in [6.07, 6.45) is 2.39. The van der Waals surface area contributed by atoms with E-state index in [1.165, 1.54) is 0 Å². The minimum Gasteiger partial charge on any atom is -0.490 e. The third-order valence-corrected chi connectivity index (χ3v) is 9.03. The fourth-order valence-electron chi connectivity index (χ4n) is 4.70. The lowest BCUT2D eigenvalue weighted by atomic mass is 9.99. The van der Waals surface area contributed by atoms with Crippen LogP contribution in [0.25, 0.3) is 0 Å². The molecule has 1 aromatic heterocycles. The number of hydrogen-bond acceptors (Lipinski definition) is 6. The Hall–Kier alpha value is -3.57. The van der Waals surface area contributed by atoms with Gasteiger partial charge in [-0.1, -0.05) is 12.1 Å². The molecule has 11 heteroatoms. The molecule has 3 aromatic rings. The Bertz CT molecular complexity index is 1380. The van der Waals surface area contributed by atoms with Crippen LogP contribution in [0.4, 0.5) is 5.69 Å². The highest BCUT2D eigenvalue weighted by Crippen LogP contribution is 2.26. The largest absolute Gasteiger partial charge is 0.490 e. The molecule has 0 amide bonds. The van der Waals surface area contributed by atoms with E-state index in [1.807, 2.05) is 29.6 Å². The summed E-state index contributed by atoms with van der Waals surface area (Å²) >= 11 is 1.57. The van der Waals surface area contributed by atoms with E-state index in [9.17, 15) is 8.42 Å². The van der Waals surface area contributed by atoms with E-state index in [4.69, 9.17) is 21.3 Å². The zero-order chi connectivity index (χ0) is 26.0. The Morgan fingerprint density at radius 1 is 1.00 bits per heavy atom. The highest BCUT2D eigenvalue weighted by Gasteiger charge is 2.24. The van der Waals surface area contributed by atoms with Crippen LogP contribution in [0.1, 0.15) is 28.8 Å². The van der Waals surface area contributed by atoms with Gasteiger partial charge in [-0.05, 0) is 65.4 Å². The predicted octanol–water partition coefficient (Wildman–Crippen LogP) is 3.67. The third-order valence-electron chi connectivity index (χ3n) is 6.76. The first-order valence-corrected chi connectivity index (χ1v) is 14.5. The van der Waals surface area contributed by atoms with Crippen LogP contribution >= 0.6 is 11.3 Å². The van der Waals surface area contributed by atoms with Gasteiger partial charge >= 0.3 is 0 Å². The predicted molar refractivity (Wildman–Crippen MR) is 146 cm³/mol. The molecule has 3 heterocycles. The number of nitrogens with zero attached hydrogens (tertiary/aromatic N) is 2. The van der Waals surface area contributed by atoms with Gasteiger partial charge in [0.05, 0.1) is 9.77 Å². The van der Waals surface area contributed by atoms with Gasteiger partial charge in [-0.2, -0.15) is 0 Å². The summed E-state index contributed by atoms with van der Waals surface area (Å²) in [4.78, 5) is 4.96. The van der Waals surface area contributed by atoms with Gasteiger partial charge in [0, 0.05) is 44.7 Å². The minimum absolute atomic E-state index is 0.0161. The van der Waals surface area contributed by atoms with Crippen molar-refractivity contribution in [1.29, 1.82) is 10.8 Å². The van der Waals surface area contributed by atoms with Gasteiger partial charge in [0.1, 0.15) is 17.7 Å². The van der Waals surface area contributed by atoms with E-state index in [0.29, 0.717) is 30.4 Å². The maximum atomic E-state index is 13.0. The number of piperidine rings is 1. The second kappa shape index (κ2) is 10.4. The number of nitrogens with one attached hydrogen (secondary N) is 3. The lowest BCUT2D eigenvalue weighted by Crippen LogP contribution is -2.41. The Kier molecular flexibility index (Phi) is 7.07. The molecule has 2 aromatic carbocycles. The van der Waals surface area contributed by atoms with Crippen molar-refractivity contribution in [2.45, 2.75) is 36.8 Å². The normalized spacial score (nSPS) is 16.2. The molecule has 37 heavy (non-hydrogen) atoms. The average molecular weight is 539 g/mol. The maximum Gasteiger partial charge on any atom is 0.261 e. The van der Waals surface area contributed by atoms with Crippen LogP contribution in [0.3, 0.4) is 0 Å². The van der Waals surface area contributed by atoms with Gasteiger partial charge in [-0.15, -0.1) is 11.3 Å². The van der Waals surface area contributed by atoms with Gasteiger partial charge in [0.25, 0.3) is 10.0 Å². The van der Waals surface area contributed by atoms with Crippen molar-refractivity contribution in [3.05, 3.63) is 76.0 Å². The Morgan fingerprint density at radius 2 is 1.76 bits per heavy atom. The van der Waals surface area contributed by atoms with Crippen molar-refractivity contribution < 1.29 is 13.2 Å². The second-order valence-corrected chi connectivity index (χ2v) is 11.9. The molecule has 0 radical (unpaired) electrons. The summed E-state index contributed by atoms with van der Waals surface area (Å²) in [6, 6.07) is 15.9. The number of rotatable bonds is 6. The van der Waals surface area contributed by atoms with Crippen LogP contribution < -0.4 is 15.2 Å².